The summed E-state index contributed by atoms with van der Waals surface area (Å²) in [7, 11) is 0. The second-order valence-electron chi connectivity index (χ2n) is 9.91. The van der Waals surface area contributed by atoms with E-state index in [0.717, 1.165) is 25.7 Å². The van der Waals surface area contributed by atoms with Gasteiger partial charge in [0.1, 0.15) is 11.4 Å². The molecule has 0 saturated heterocycles. The van der Waals surface area contributed by atoms with Gasteiger partial charge in [0.15, 0.2) is 12.4 Å². The zero-order valence-corrected chi connectivity index (χ0v) is 20.5. The maximum atomic E-state index is 12.3. The van der Waals surface area contributed by atoms with Crippen LogP contribution in [0.5, 0.6) is 5.75 Å². The van der Waals surface area contributed by atoms with Gasteiger partial charge in [-0.25, -0.2) is 4.98 Å². The molecule has 1 fully saturated rings. The summed E-state index contributed by atoms with van der Waals surface area (Å²) < 4.78 is 5.84. The van der Waals surface area contributed by atoms with Crippen LogP contribution in [0.4, 0.5) is 5.82 Å². The van der Waals surface area contributed by atoms with Crippen molar-refractivity contribution >= 4 is 11.7 Å². The molecule has 0 spiro atoms. The number of hydrogen-bond acceptors (Lipinski definition) is 5. The van der Waals surface area contributed by atoms with E-state index in [1.54, 1.807) is 13.1 Å². The average molecular weight is 482 g/mol. The van der Waals surface area contributed by atoms with Crippen molar-refractivity contribution in [2.24, 2.45) is 5.92 Å². The molecule has 0 aliphatic heterocycles. The Morgan fingerprint density at radius 2 is 2.06 bits per heavy atom. The fourth-order valence-corrected chi connectivity index (χ4v) is 6.08. The van der Waals surface area contributed by atoms with Crippen LogP contribution in [0.25, 0.3) is 0 Å². The third-order valence-electron chi connectivity index (χ3n) is 7.65. The van der Waals surface area contributed by atoms with E-state index in [0.29, 0.717) is 30.3 Å². The van der Waals surface area contributed by atoms with E-state index in [-0.39, 0.29) is 17.9 Å². The van der Waals surface area contributed by atoms with Gasteiger partial charge < -0.3 is 15.2 Å². The lowest BCUT2D eigenvalue weighted by Crippen LogP contribution is -2.50. The summed E-state index contributed by atoms with van der Waals surface area (Å²) in [5, 5.41) is 13.9. The predicted molar refractivity (Wildman–Crippen MR) is 138 cm³/mol. The summed E-state index contributed by atoms with van der Waals surface area (Å²) in [6.07, 6.45) is 9.65. The number of rotatable bonds is 6. The first-order valence-corrected chi connectivity index (χ1v) is 12.5. The Labute approximate surface area is 212 Å². The fourth-order valence-electron chi connectivity index (χ4n) is 6.08. The van der Waals surface area contributed by atoms with Gasteiger partial charge in [0.25, 0.3) is 5.91 Å². The summed E-state index contributed by atoms with van der Waals surface area (Å²) in [5.41, 5.74) is 2.95. The predicted octanol–water partition coefficient (Wildman–Crippen LogP) is 4.48. The number of amides is 1. The molecule has 0 radical (unpaired) electrons. The number of fused-ring (bicyclic) bond motifs is 3. The third kappa shape index (κ3) is 4.98. The Kier molecular flexibility index (Phi) is 6.75. The highest BCUT2D eigenvalue weighted by atomic mass is 16.5. The van der Waals surface area contributed by atoms with Crippen LogP contribution in [-0.2, 0) is 23.1 Å². The van der Waals surface area contributed by atoms with E-state index in [1.807, 2.05) is 12.1 Å². The van der Waals surface area contributed by atoms with Crippen molar-refractivity contribution < 1.29 is 14.6 Å². The van der Waals surface area contributed by atoms with Crippen LogP contribution >= 0.6 is 0 Å². The topological polar surface area (TPSA) is 84.3 Å². The molecule has 1 heterocycles. The summed E-state index contributed by atoms with van der Waals surface area (Å²) in [4.78, 5) is 20.3. The minimum atomic E-state index is -0.906. The molecule has 0 bridgehead atoms. The molecular formula is C30H31N3O3. The maximum absolute atomic E-state index is 12.3. The van der Waals surface area contributed by atoms with Gasteiger partial charge in [-0.05, 0) is 80.2 Å². The number of aromatic nitrogens is 2. The first-order valence-electron chi connectivity index (χ1n) is 12.5. The van der Waals surface area contributed by atoms with E-state index in [9.17, 15) is 9.90 Å². The molecule has 1 saturated carbocycles. The Bertz CT molecular complexity index is 1290. The van der Waals surface area contributed by atoms with Crippen molar-refractivity contribution in [3.8, 4) is 17.6 Å². The van der Waals surface area contributed by atoms with E-state index >= 15 is 0 Å². The lowest BCUT2D eigenvalue weighted by atomic mass is 9.52. The number of aliphatic hydroxyl groups is 1. The number of carbonyl (C=O) groups excluding carboxylic acids is 1. The van der Waals surface area contributed by atoms with Crippen LogP contribution in [0.15, 0.2) is 67.1 Å². The molecule has 5 rings (SSSR count). The molecule has 1 amide bonds. The van der Waals surface area contributed by atoms with Gasteiger partial charge in [-0.3, -0.25) is 9.78 Å². The second-order valence-corrected chi connectivity index (χ2v) is 9.91. The number of nitrogens with one attached hydrogen (secondary N) is 1. The summed E-state index contributed by atoms with van der Waals surface area (Å²) >= 11 is 0. The number of aryl methyl sites for hydroxylation is 1. The Morgan fingerprint density at radius 1 is 1.19 bits per heavy atom. The van der Waals surface area contributed by atoms with Crippen LogP contribution in [0.2, 0.25) is 0 Å². The zero-order valence-electron chi connectivity index (χ0n) is 20.5. The number of nitrogens with zero attached hydrogens (tertiary/aromatic N) is 2. The largest absolute Gasteiger partial charge is 0.484 e. The van der Waals surface area contributed by atoms with Crippen molar-refractivity contribution in [3.63, 3.8) is 0 Å². The number of anilines is 1. The Balaban J connectivity index is 1.38. The van der Waals surface area contributed by atoms with Crippen molar-refractivity contribution in [2.45, 2.75) is 56.5 Å². The van der Waals surface area contributed by atoms with Crippen molar-refractivity contribution in [3.05, 3.63) is 83.8 Å². The van der Waals surface area contributed by atoms with Crippen LogP contribution in [0.3, 0.4) is 0 Å². The van der Waals surface area contributed by atoms with E-state index in [2.05, 4.69) is 63.5 Å². The minimum absolute atomic E-state index is 0.0571. The number of carbonyl (C=O) groups is 1. The molecule has 3 atom stereocenters. The maximum Gasteiger partial charge on any atom is 0.263 e. The zero-order chi connectivity index (χ0) is 25.0. The molecule has 6 nitrogen and oxygen atoms in total. The molecule has 2 aliphatic carbocycles. The monoisotopic (exact) mass is 481 g/mol. The highest BCUT2D eigenvalue weighted by molar-refractivity contribution is 5.90. The quantitative estimate of drug-likeness (QED) is 0.508. The standard InChI is InChI=1S/C30H31N3O3/c1-2-12-29(35)13-14-30(18-22-6-4-3-5-7-22)24(19-29)9-8-23-17-25(10-11-26(23)30)36-21-28(34)33-27-20-31-15-16-32-27/h3-7,10-11,15-17,20,24,35H,8-9,13-14,18-19,21H2,1H3,(H,32,33,34)/t24-,29-,30+/m1/s1. The minimum Gasteiger partial charge on any atom is -0.484 e. The lowest BCUT2D eigenvalue weighted by Gasteiger charge is -2.52. The summed E-state index contributed by atoms with van der Waals surface area (Å²) in [6.45, 7) is 1.70. The smallest absolute Gasteiger partial charge is 0.263 e. The molecule has 184 valence electrons. The molecule has 2 aromatic carbocycles. The molecular weight excluding hydrogens is 450 g/mol. The molecule has 1 aromatic heterocycles. The van der Waals surface area contributed by atoms with Crippen molar-refractivity contribution in [1.29, 1.82) is 0 Å². The van der Waals surface area contributed by atoms with Crippen molar-refractivity contribution in [2.75, 3.05) is 11.9 Å². The first-order chi connectivity index (χ1) is 17.5. The Morgan fingerprint density at radius 3 is 2.83 bits per heavy atom. The Hall–Kier alpha value is -3.69. The lowest BCUT2D eigenvalue weighted by molar-refractivity contribution is -0.118. The third-order valence-corrected chi connectivity index (χ3v) is 7.65. The molecule has 0 unspecified atom stereocenters. The highest BCUT2D eigenvalue weighted by Crippen LogP contribution is 2.54. The summed E-state index contributed by atoms with van der Waals surface area (Å²) in [6, 6.07) is 16.9. The second kappa shape index (κ2) is 10.1. The molecule has 3 aromatic rings. The van der Waals surface area contributed by atoms with Gasteiger partial charge in [-0.2, -0.15) is 0 Å². The summed E-state index contributed by atoms with van der Waals surface area (Å²) in [5.74, 6) is 7.18. The van der Waals surface area contributed by atoms with Gasteiger partial charge >= 0.3 is 0 Å². The molecule has 6 heteroatoms. The van der Waals surface area contributed by atoms with Crippen LogP contribution in [0.1, 0.15) is 49.3 Å². The van der Waals surface area contributed by atoms with Gasteiger partial charge in [0.2, 0.25) is 0 Å². The van der Waals surface area contributed by atoms with Crippen molar-refractivity contribution in [1.82, 2.24) is 9.97 Å². The van der Waals surface area contributed by atoms with E-state index in [4.69, 9.17) is 4.74 Å². The van der Waals surface area contributed by atoms with E-state index < -0.39 is 5.60 Å². The number of ether oxygens (including phenoxy) is 1. The number of benzene rings is 2. The van der Waals surface area contributed by atoms with Gasteiger partial charge in [-0.1, -0.05) is 42.3 Å². The molecule has 36 heavy (non-hydrogen) atoms. The highest BCUT2D eigenvalue weighted by Gasteiger charge is 2.51. The first kappa shape index (κ1) is 24.0. The average Bonchev–Trinajstić information content (AvgIpc) is 2.89. The van der Waals surface area contributed by atoms with Gasteiger partial charge in [-0.15, -0.1) is 5.92 Å². The van der Waals surface area contributed by atoms with E-state index in [1.165, 1.54) is 29.1 Å². The van der Waals surface area contributed by atoms with Crippen LogP contribution in [0, 0.1) is 17.8 Å². The van der Waals surface area contributed by atoms with Gasteiger partial charge in [0, 0.05) is 17.8 Å². The molecule has 2 aliphatic rings. The normalized spacial score (nSPS) is 24.4. The van der Waals surface area contributed by atoms with Gasteiger partial charge in [0.05, 0.1) is 6.20 Å². The fraction of sp³-hybridized carbons (Fsp3) is 0.367. The molecule has 2 N–H and O–H groups in total. The van der Waals surface area contributed by atoms with Crippen LogP contribution < -0.4 is 10.1 Å². The SMILES string of the molecule is CC#C[C@@]1(O)CC[C@@]2(Cc3ccccc3)c3ccc(OCC(=O)Nc4cnccn4)cc3CC[C@@H]2C1. The number of hydrogen-bond donors (Lipinski definition) is 2. The van der Waals surface area contributed by atoms with Crippen LogP contribution in [-0.4, -0.2) is 33.2 Å².